The van der Waals surface area contributed by atoms with Gasteiger partial charge >= 0.3 is 17.9 Å². The minimum Gasteiger partial charge on any atom is -0.462 e. The molecule has 0 aliphatic rings. The molecule has 0 saturated carbocycles. The SMILES string of the molecule is CC/C=C\C/C=C\C/C=C\C/C=C\CCCCCCCCCCCCCCCCC(=O)OCC(COC(=O)CCCCCCCCC)OC(=O)CCCCCCCCCCCCCCCCC/C=C\CCCCCCCCCC. The average molecular weight is 1110 g/mol. The molecule has 1 unspecified atom stereocenters. The Hall–Kier alpha value is -2.89. The van der Waals surface area contributed by atoms with E-state index in [0.29, 0.717) is 19.3 Å². The Kier molecular flexibility index (Phi) is 65.1. The third kappa shape index (κ3) is 65.8. The fourth-order valence-electron chi connectivity index (χ4n) is 10.3. The average Bonchev–Trinajstić information content (AvgIpc) is 3.45. The van der Waals surface area contributed by atoms with Crippen molar-refractivity contribution >= 4 is 17.9 Å². The molecule has 0 heterocycles. The summed E-state index contributed by atoms with van der Waals surface area (Å²) in [5, 5.41) is 0. The van der Waals surface area contributed by atoms with Crippen molar-refractivity contribution in [3.05, 3.63) is 60.8 Å². The molecule has 0 aromatic carbocycles. The Bertz CT molecular complexity index is 1410. The van der Waals surface area contributed by atoms with Gasteiger partial charge in [-0.15, -0.1) is 0 Å². The van der Waals surface area contributed by atoms with Crippen LogP contribution in [-0.4, -0.2) is 37.2 Å². The molecular formula is C73H132O6. The van der Waals surface area contributed by atoms with Gasteiger partial charge in [-0.1, -0.05) is 326 Å². The van der Waals surface area contributed by atoms with Crippen LogP contribution < -0.4 is 0 Å². The first-order valence-corrected chi connectivity index (χ1v) is 34.8. The van der Waals surface area contributed by atoms with Crippen molar-refractivity contribution in [2.45, 2.75) is 374 Å². The summed E-state index contributed by atoms with van der Waals surface area (Å²) in [6.45, 7) is 6.54. The van der Waals surface area contributed by atoms with E-state index in [4.69, 9.17) is 14.2 Å². The van der Waals surface area contributed by atoms with Crippen molar-refractivity contribution in [1.29, 1.82) is 0 Å². The van der Waals surface area contributed by atoms with Crippen molar-refractivity contribution in [3.63, 3.8) is 0 Å². The van der Waals surface area contributed by atoms with Gasteiger partial charge in [-0.05, 0) is 83.5 Å². The van der Waals surface area contributed by atoms with Crippen LogP contribution in [0.2, 0.25) is 0 Å². The van der Waals surface area contributed by atoms with Gasteiger partial charge in [0.15, 0.2) is 6.10 Å². The molecule has 0 amide bonds. The predicted octanol–water partition coefficient (Wildman–Crippen LogP) is 23.9. The smallest absolute Gasteiger partial charge is 0.306 e. The Morgan fingerprint density at radius 3 is 0.785 bits per heavy atom. The van der Waals surface area contributed by atoms with Crippen LogP contribution in [0.1, 0.15) is 367 Å². The lowest BCUT2D eigenvalue weighted by Gasteiger charge is -2.18. The number of allylic oxidation sites excluding steroid dienone is 10. The largest absolute Gasteiger partial charge is 0.462 e. The lowest BCUT2D eigenvalue weighted by Crippen LogP contribution is -2.30. The molecule has 0 aromatic heterocycles. The highest BCUT2D eigenvalue weighted by Crippen LogP contribution is 2.18. The monoisotopic (exact) mass is 1110 g/mol. The molecule has 0 aliphatic heterocycles. The number of hydrogen-bond acceptors (Lipinski definition) is 6. The van der Waals surface area contributed by atoms with Crippen molar-refractivity contribution < 1.29 is 28.6 Å². The second-order valence-electron chi connectivity index (χ2n) is 23.4. The van der Waals surface area contributed by atoms with Gasteiger partial charge in [0.2, 0.25) is 0 Å². The van der Waals surface area contributed by atoms with Crippen LogP contribution in [0.25, 0.3) is 0 Å². The van der Waals surface area contributed by atoms with Gasteiger partial charge in [-0.25, -0.2) is 0 Å². The molecule has 0 spiro atoms. The fourth-order valence-corrected chi connectivity index (χ4v) is 10.3. The topological polar surface area (TPSA) is 78.9 Å². The molecule has 0 N–H and O–H groups in total. The van der Waals surface area contributed by atoms with E-state index in [9.17, 15) is 14.4 Å². The van der Waals surface area contributed by atoms with E-state index in [0.717, 1.165) is 83.5 Å². The molecule has 0 fully saturated rings. The van der Waals surface area contributed by atoms with Crippen molar-refractivity contribution in [3.8, 4) is 0 Å². The van der Waals surface area contributed by atoms with E-state index >= 15 is 0 Å². The minimum atomic E-state index is -0.770. The fraction of sp³-hybridized carbons (Fsp3) is 0.822. The van der Waals surface area contributed by atoms with Crippen LogP contribution in [0.15, 0.2) is 60.8 Å². The normalized spacial score (nSPS) is 12.4. The van der Waals surface area contributed by atoms with E-state index in [1.54, 1.807) is 0 Å². The lowest BCUT2D eigenvalue weighted by molar-refractivity contribution is -0.167. The highest BCUT2D eigenvalue weighted by molar-refractivity contribution is 5.71. The van der Waals surface area contributed by atoms with Gasteiger partial charge < -0.3 is 14.2 Å². The summed E-state index contributed by atoms with van der Waals surface area (Å²) in [4.78, 5) is 38.2. The molecule has 79 heavy (non-hydrogen) atoms. The third-order valence-electron chi connectivity index (χ3n) is 15.5. The molecule has 460 valence electrons. The summed E-state index contributed by atoms with van der Waals surface area (Å²) >= 11 is 0. The van der Waals surface area contributed by atoms with Crippen LogP contribution in [0.5, 0.6) is 0 Å². The first-order chi connectivity index (χ1) is 39.0. The summed E-state index contributed by atoms with van der Waals surface area (Å²) in [6.07, 6.45) is 87.1. The van der Waals surface area contributed by atoms with Gasteiger partial charge in [0.1, 0.15) is 13.2 Å². The molecule has 0 saturated heterocycles. The summed E-state index contributed by atoms with van der Waals surface area (Å²) in [5.41, 5.74) is 0. The van der Waals surface area contributed by atoms with Crippen molar-refractivity contribution in [1.82, 2.24) is 0 Å². The van der Waals surface area contributed by atoms with E-state index < -0.39 is 6.10 Å². The molecular weight excluding hydrogens is 973 g/mol. The third-order valence-corrected chi connectivity index (χ3v) is 15.5. The first-order valence-electron chi connectivity index (χ1n) is 34.8. The van der Waals surface area contributed by atoms with Crippen LogP contribution >= 0.6 is 0 Å². The molecule has 1 atom stereocenters. The van der Waals surface area contributed by atoms with E-state index in [1.165, 1.54) is 244 Å². The molecule has 6 nitrogen and oxygen atoms in total. The lowest BCUT2D eigenvalue weighted by atomic mass is 10.0. The quantitative estimate of drug-likeness (QED) is 0.0261. The highest BCUT2D eigenvalue weighted by atomic mass is 16.6. The number of carbonyl (C=O) groups excluding carboxylic acids is 3. The minimum absolute atomic E-state index is 0.0698. The molecule has 0 radical (unpaired) electrons. The second-order valence-corrected chi connectivity index (χ2v) is 23.4. The molecule has 0 aliphatic carbocycles. The number of rotatable bonds is 64. The zero-order chi connectivity index (χ0) is 57.1. The number of esters is 3. The molecule has 6 heteroatoms. The number of carbonyl (C=O) groups is 3. The summed E-state index contributed by atoms with van der Waals surface area (Å²) < 4.78 is 16.9. The maximum absolute atomic E-state index is 12.9. The Morgan fingerprint density at radius 2 is 0.494 bits per heavy atom. The zero-order valence-electron chi connectivity index (χ0n) is 52.9. The molecule has 0 rings (SSSR count). The number of unbranched alkanes of at least 4 members (excludes halogenated alkanes) is 43. The van der Waals surface area contributed by atoms with Gasteiger partial charge in [0.25, 0.3) is 0 Å². The second kappa shape index (κ2) is 67.6. The van der Waals surface area contributed by atoms with E-state index in [-0.39, 0.29) is 31.1 Å². The van der Waals surface area contributed by atoms with Crippen LogP contribution in [0, 0.1) is 0 Å². The van der Waals surface area contributed by atoms with Crippen LogP contribution in [0.3, 0.4) is 0 Å². The first kappa shape index (κ1) is 76.1. The Labute approximate surface area is 491 Å². The maximum atomic E-state index is 12.9. The number of hydrogen-bond donors (Lipinski definition) is 0. The van der Waals surface area contributed by atoms with Crippen LogP contribution in [-0.2, 0) is 28.6 Å². The Balaban J connectivity index is 4.05. The van der Waals surface area contributed by atoms with Crippen LogP contribution in [0.4, 0.5) is 0 Å². The summed E-state index contributed by atoms with van der Waals surface area (Å²) in [5.74, 6) is -0.856. The summed E-state index contributed by atoms with van der Waals surface area (Å²) in [6, 6.07) is 0. The summed E-state index contributed by atoms with van der Waals surface area (Å²) in [7, 11) is 0. The standard InChI is InChI=1S/C73H132O6/c1-4-7-10-13-16-18-20-22-24-26-28-30-32-34-36-38-40-42-44-46-48-50-52-54-57-60-63-66-72(75)78-69-70(68-77-71(74)65-62-59-56-15-12-9-6-3)79-73(76)67-64-61-58-55-53-51-49-47-45-43-41-39-37-35-33-31-29-27-25-23-21-19-17-14-11-8-5-2/h7,10,16,18,22,24,27-30,70H,4-6,8-9,11-15,17,19-21,23,25-26,31-69H2,1-3H3/b10-7-,18-16-,24-22-,29-27-,30-28-. The van der Waals surface area contributed by atoms with Gasteiger partial charge in [-0.3, -0.25) is 14.4 Å². The van der Waals surface area contributed by atoms with Gasteiger partial charge in [-0.2, -0.15) is 0 Å². The zero-order valence-corrected chi connectivity index (χ0v) is 52.9. The highest BCUT2D eigenvalue weighted by Gasteiger charge is 2.19. The molecule has 0 aromatic rings. The maximum Gasteiger partial charge on any atom is 0.306 e. The Morgan fingerprint density at radius 1 is 0.266 bits per heavy atom. The van der Waals surface area contributed by atoms with Gasteiger partial charge in [0.05, 0.1) is 0 Å². The number of ether oxygens (including phenoxy) is 3. The molecule has 0 bridgehead atoms. The van der Waals surface area contributed by atoms with Crippen molar-refractivity contribution in [2.75, 3.05) is 13.2 Å². The van der Waals surface area contributed by atoms with Gasteiger partial charge in [0, 0.05) is 19.3 Å². The van der Waals surface area contributed by atoms with E-state index in [1.807, 2.05) is 0 Å². The predicted molar refractivity (Wildman–Crippen MR) is 344 cm³/mol. The van der Waals surface area contributed by atoms with E-state index in [2.05, 4.69) is 81.5 Å². The van der Waals surface area contributed by atoms with Crippen molar-refractivity contribution in [2.24, 2.45) is 0 Å².